The normalized spacial score (nSPS) is 20.2. The molecule has 4 nitrogen and oxygen atoms in total. The van der Waals surface area contributed by atoms with E-state index < -0.39 is 0 Å². The molecule has 0 bridgehead atoms. The van der Waals surface area contributed by atoms with Crippen molar-refractivity contribution in [1.29, 1.82) is 0 Å². The van der Waals surface area contributed by atoms with E-state index in [9.17, 15) is 9.18 Å². The third kappa shape index (κ3) is 3.94. The molecule has 2 fully saturated rings. The van der Waals surface area contributed by atoms with Crippen LogP contribution in [0.4, 0.5) is 9.18 Å². The molecule has 2 N–H and O–H groups in total. The molecule has 1 heterocycles. The summed E-state index contributed by atoms with van der Waals surface area (Å²) in [5.41, 5.74) is 1.06. The van der Waals surface area contributed by atoms with E-state index in [1.165, 1.54) is 25.0 Å². The van der Waals surface area contributed by atoms with Crippen molar-refractivity contribution in [2.45, 2.75) is 37.8 Å². The van der Waals surface area contributed by atoms with Crippen LogP contribution in [0, 0.1) is 5.82 Å². The number of hydrogen-bond acceptors (Lipinski definition) is 2. The van der Waals surface area contributed by atoms with Gasteiger partial charge in [-0.15, -0.1) is 0 Å². The highest BCUT2D eigenvalue weighted by Crippen LogP contribution is 2.25. The van der Waals surface area contributed by atoms with Crippen molar-refractivity contribution in [2.24, 2.45) is 0 Å². The van der Waals surface area contributed by atoms with Crippen LogP contribution in [0.3, 0.4) is 0 Å². The van der Waals surface area contributed by atoms with Crippen LogP contribution >= 0.6 is 0 Å². The molecule has 0 aromatic heterocycles. The zero-order chi connectivity index (χ0) is 14.7. The highest BCUT2D eigenvalue weighted by molar-refractivity contribution is 5.74. The third-order valence-electron chi connectivity index (χ3n) is 4.20. The van der Waals surface area contributed by atoms with E-state index in [1.54, 1.807) is 0 Å². The van der Waals surface area contributed by atoms with Crippen molar-refractivity contribution in [1.82, 2.24) is 15.5 Å². The molecule has 1 unspecified atom stereocenters. The number of amides is 2. The van der Waals surface area contributed by atoms with Gasteiger partial charge in [0.2, 0.25) is 0 Å². The van der Waals surface area contributed by atoms with Gasteiger partial charge < -0.3 is 10.6 Å². The fourth-order valence-electron chi connectivity index (χ4n) is 2.85. The molecule has 0 radical (unpaired) electrons. The Morgan fingerprint density at radius 2 is 1.90 bits per heavy atom. The summed E-state index contributed by atoms with van der Waals surface area (Å²) in [7, 11) is 0. The maximum Gasteiger partial charge on any atom is 0.315 e. The van der Waals surface area contributed by atoms with Crippen molar-refractivity contribution < 1.29 is 9.18 Å². The summed E-state index contributed by atoms with van der Waals surface area (Å²) in [6.07, 6.45) is 4.54. The van der Waals surface area contributed by atoms with E-state index in [4.69, 9.17) is 0 Å². The number of nitrogens with zero attached hydrogens (tertiary/aromatic N) is 1. The van der Waals surface area contributed by atoms with Gasteiger partial charge in [0.15, 0.2) is 0 Å². The summed E-state index contributed by atoms with van der Waals surface area (Å²) < 4.78 is 13.1. The molecule has 1 aliphatic heterocycles. The molecule has 114 valence electrons. The van der Waals surface area contributed by atoms with Gasteiger partial charge in [-0.05, 0) is 56.5 Å². The quantitative estimate of drug-likeness (QED) is 0.875. The minimum atomic E-state index is -0.224. The lowest BCUT2D eigenvalue weighted by atomic mass is 10.1. The number of urea groups is 1. The first-order valence-corrected chi connectivity index (χ1v) is 7.76. The van der Waals surface area contributed by atoms with Gasteiger partial charge in [-0.1, -0.05) is 12.1 Å². The number of benzene rings is 1. The van der Waals surface area contributed by atoms with Crippen molar-refractivity contribution in [3.05, 3.63) is 35.6 Å². The van der Waals surface area contributed by atoms with Gasteiger partial charge in [0.05, 0.1) is 6.04 Å². The Morgan fingerprint density at radius 3 is 2.52 bits per heavy atom. The fraction of sp³-hybridized carbons (Fsp3) is 0.562. The largest absolute Gasteiger partial charge is 0.336 e. The Balaban J connectivity index is 1.63. The van der Waals surface area contributed by atoms with Crippen LogP contribution in [-0.2, 0) is 0 Å². The molecular weight excluding hydrogens is 269 g/mol. The Bertz CT molecular complexity index is 481. The minimum Gasteiger partial charge on any atom is -0.336 e. The standard InChI is InChI=1S/C16H22FN3O/c17-13-5-3-12(4-6-13)15(20-9-1-2-10-20)11-18-16(21)19-14-7-8-14/h3-6,14-15H,1-2,7-11H2,(H2,18,19,21). The Labute approximate surface area is 124 Å². The van der Waals surface area contributed by atoms with Crippen LogP contribution in [0.5, 0.6) is 0 Å². The van der Waals surface area contributed by atoms with Crippen molar-refractivity contribution in [3.8, 4) is 0 Å². The van der Waals surface area contributed by atoms with Gasteiger partial charge in [0.1, 0.15) is 5.82 Å². The first-order chi connectivity index (χ1) is 10.2. The molecule has 2 aliphatic rings. The Hall–Kier alpha value is -1.62. The van der Waals surface area contributed by atoms with E-state index >= 15 is 0 Å². The number of nitrogens with one attached hydrogen (secondary N) is 2. The van der Waals surface area contributed by atoms with Crippen LogP contribution in [-0.4, -0.2) is 36.6 Å². The van der Waals surface area contributed by atoms with Crippen LogP contribution in [0.1, 0.15) is 37.3 Å². The van der Waals surface area contributed by atoms with E-state index in [0.717, 1.165) is 31.5 Å². The molecule has 2 amide bonds. The summed E-state index contributed by atoms with van der Waals surface area (Å²) in [6, 6.07) is 7.01. The molecule has 1 saturated heterocycles. The summed E-state index contributed by atoms with van der Waals surface area (Å²) >= 11 is 0. The maximum absolute atomic E-state index is 13.1. The number of likely N-dealkylation sites (tertiary alicyclic amines) is 1. The number of halogens is 1. The Morgan fingerprint density at radius 1 is 1.24 bits per heavy atom. The topological polar surface area (TPSA) is 44.4 Å². The number of rotatable bonds is 5. The van der Waals surface area contributed by atoms with Gasteiger partial charge in [-0.3, -0.25) is 4.90 Å². The average Bonchev–Trinajstić information content (AvgIpc) is 3.12. The van der Waals surface area contributed by atoms with Crippen molar-refractivity contribution in [2.75, 3.05) is 19.6 Å². The summed E-state index contributed by atoms with van der Waals surface area (Å²) in [6.45, 7) is 2.63. The zero-order valence-electron chi connectivity index (χ0n) is 12.1. The monoisotopic (exact) mass is 291 g/mol. The highest BCUT2D eigenvalue weighted by atomic mass is 19.1. The van der Waals surface area contributed by atoms with Gasteiger partial charge in [-0.25, -0.2) is 9.18 Å². The summed E-state index contributed by atoms with van der Waals surface area (Å²) in [4.78, 5) is 14.2. The van der Waals surface area contributed by atoms with Crippen LogP contribution in [0.15, 0.2) is 24.3 Å². The van der Waals surface area contributed by atoms with Crippen LogP contribution in [0.25, 0.3) is 0 Å². The summed E-state index contributed by atoms with van der Waals surface area (Å²) in [5, 5.41) is 5.89. The first kappa shape index (κ1) is 14.3. The highest BCUT2D eigenvalue weighted by Gasteiger charge is 2.26. The van der Waals surface area contributed by atoms with Crippen molar-refractivity contribution in [3.63, 3.8) is 0 Å². The molecule has 1 aromatic rings. The fourth-order valence-corrected chi connectivity index (χ4v) is 2.85. The maximum atomic E-state index is 13.1. The second-order valence-electron chi connectivity index (χ2n) is 5.94. The predicted octanol–water partition coefficient (Wildman–Crippen LogP) is 2.42. The minimum absolute atomic E-state index is 0.0937. The van der Waals surface area contributed by atoms with Crippen LogP contribution in [0.2, 0.25) is 0 Å². The molecular formula is C16H22FN3O. The molecule has 3 rings (SSSR count). The second kappa shape index (κ2) is 6.43. The molecule has 21 heavy (non-hydrogen) atoms. The molecule has 1 aliphatic carbocycles. The number of carbonyl (C=O) groups excluding carboxylic acids is 1. The zero-order valence-corrected chi connectivity index (χ0v) is 12.1. The number of hydrogen-bond donors (Lipinski definition) is 2. The molecule has 5 heteroatoms. The molecule has 1 atom stereocenters. The van der Waals surface area contributed by atoms with E-state index in [-0.39, 0.29) is 17.9 Å². The molecule has 1 saturated carbocycles. The Kier molecular flexibility index (Phi) is 4.39. The van der Waals surface area contributed by atoms with E-state index in [2.05, 4.69) is 15.5 Å². The lowest BCUT2D eigenvalue weighted by molar-refractivity contribution is 0.220. The molecule has 1 aromatic carbocycles. The SMILES string of the molecule is O=C(NCC(c1ccc(F)cc1)N1CCCC1)NC1CC1. The average molecular weight is 291 g/mol. The second-order valence-corrected chi connectivity index (χ2v) is 5.94. The predicted molar refractivity (Wildman–Crippen MR) is 79.5 cm³/mol. The van der Waals surface area contributed by atoms with Gasteiger partial charge >= 0.3 is 6.03 Å². The third-order valence-corrected chi connectivity index (χ3v) is 4.20. The lowest BCUT2D eigenvalue weighted by Crippen LogP contribution is -2.42. The lowest BCUT2D eigenvalue weighted by Gasteiger charge is -2.28. The van der Waals surface area contributed by atoms with Gasteiger partial charge in [0.25, 0.3) is 0 Å². The van der Waals surface area contributed by atoms with E-state index in [1.807, 2.05) is 12.1 Å². The van der Waals surface area contributed by atoms with E-state index in [0.29, 0.717) is 12.6 Å². The van der Waals surface area contributed by atoms with Crippen LogP contribution < -0.4 is 10.6 Å². The number of carbonyl (C=O) groups is 1. The van der Waals surface area contributed by atoms with Crippen molar-refractivity contribution >= 4 is 6.03 Å². The van der Waals surface area contributed by atoms with Gasteiger partial charge in [0, 0.05) is 12.6 Å². The first-order valence-electron chi connectivity index (χ1n) is 7.76. The van der Waals surface area contributed by atoms with Gasteiger partial charge in [-0.2, -0.15) is 0 Å². The summed E-state index contributed by atoms with van der Waals surface area (Å²) in [5.74, 6) is -0.224. The molecule has 0 spiro atoms. The smallest absolute Gasteiger partial charge is 0.315 e.